The summed E-state index contributed by atoms with van der Waals surface area (Å²) in [5.41, 5.74) is 0.645. The van der Waals surface area contributed by atoms with Crippen LogP contribution in [-0.2, 0) is 14.9 Å². The van der Waals surface area contributed by atoms with E-state index >= 15 is 0 Å². The molecule has 2 rings (SSSR count). The maximum absolute atomic E-state index is 11.3. The van der Waals surface area contributed by atoms with Crippen LogP contribution in [0, 0.1) is 0 Å². The summed E-state index contributed by atoms with van der Waals surface area (Å²) in [6, 6.07) is 6.88. The van der Waals surface area contributed by atoms with E-state index in [0.29, 0.717) is 18.5 Å². The monoisotopic (exact) mass is 249 g/mol. The molecule has 1 aromatic rings. The van der Waals surface area contributed by atoms with E-state index in [4.69, 9.17) is 0 Å². The van der Waals surface area contributed by atoms with Crippen LogP contribution in [0.2, 0.25) is 0 Å². The minimum Gasteiger partial charge on any atom is -0.481 e. The van der Waals surface area contributed by atoms with Crippen LogP contribution in [0.3, 0.4) is 0 Å². The quantitative estimate of drug-likeness (QED) is 0.862. The molecule has 18 heavy (non-hydrogen) atoms. The van der Waals surface area contributed by atoms with Gasteiger partial charge in [0.2, 0.25) is 0 Å². The van der Waals surface area contributed by atoms with Gasteiger partial charge in [-0.25, -0.2) is 4.79 Å². The highest BCUT2D eigenvalue weighted by Gasteiger charge is 2.45. The summed E-state index contributed by atoms with van der Waals surface area (Å²) in [5.74, 6) is -0.776. The molecule has 1 amide bonds. The Bertz CT molecular complexity index is 462. The number of ether oxygens (including phenoxy) is 1. The number of rotatable bonds is 3. The third-order valence-electron chi connectivity index (χ3n) is 3.49. The lowest BCUT2D eigenvalue weighted by Gasteiger charge is -2.38. The van der Waals surface area contributed by atoms with Crippen molar-refractivity contribution in [3.63, 3.8) is 0 Å². The molecule has 1 aromatic carbocycles. The number of benzene rings is 1. The average Bonchev–Trinajstić information content (AvgIpc) is 2.29. The number of carboxylic acids is 1. The summed E-state index contributed by atoms with van der Waals surface area (Å²) >= 11 is 0. The van der Waals surface area contributed by atoms with Crippen molar-refractivity contribution in [2.45, 2.75) is 24.7 Å². The van der Waals surface area contributed by atoms with Crippen LogP contribution in [0.5, 0.6) is 0 Å². The third-order valence-corrected chi connectivity index (χ3v) is 3.49. The Balaban J connectivity index is 2.17. The van der Waals surface area contributed by atoms with Crippen LogP contribution in [0.4, 0.5) is 10.5 Å². The first-order valence-electron chi connectivity index (χ1n) is 5.77. The molecule has 1 fully saturated rings. The molecule has 1 aliphatic rings. The lowest BCUT2D eigenvalue weighted by atomic mass is 9.64. The largest absolute Gasteiger partial charge is 0.481 e. The van der Waals surface area contributed by atoms with Crippen LogP contribution < -0.4 is 5.32 Å². The van der Waals surface area contributed by atoms with E-state index in [0.717, 1.165) is 12.0 Å². The fourth-order valence-electron chi connectivity index (χ4n) is 2.20. The standard InChI is InChI=1S/C13H15NO4/c1-18-12(17)14-10-5-3-9(4-6-10)13(11(15)16)7-2-8-13/h3-6H,2,7-8H2,1H3,(H,14,17)(H,15,16). The van der Waals surface area contributed by atoms with E-state index in [-0.39, 0.29) is 0 Å². The molecule has 5 nitrogen and oxygen atoms in total. The van der Waals surface area contributed by atoms with E-state index in [2.05, 4.69) is 10.1 Å². The van der Waals surface area contributed by atoms with E-state index in [9.17, 15) is 14.7 Å². The zero-order chi connectivity index (χ0) is 13.2. The SMILES string of the molecule is COC(=O)Nc1ccc(C2(C(=O)O)CCC2)cc1. The lowest BCUT2D eigenvalue weighted by Crippen LogP contribution is -2.42. The molecular weight excluding hydrogens is 234 g/mol. The number of methoxy groups -OCH3 is 1. The molecule has 96 valence electrons. The summed E-state index contributed by atoms with van der Waals surface area (Å²) in [6.07, 6.45) is 1.74. The number of hydrogen-bond acceptors (Lipinski definition) is 3. The van der Waals surface area contributed by atoms with Gasteiger partial charge in [0.1, 0.15) is 0 Å². The van der Waals surface area contributed by atoms with Gasteiger partial charge in [-0.2, -0.15) is 0 Å². The van der Waals surface area contributed by atoms with Gasteiger partial charge < -0.3 is 9.84 Å². The van der Waals surface area contributed by atoms with Gasteiger partial charge >= 0.3 is 12.1 Å². The molecule has 0 aromatic heterocycles. The Morgan fingerprint density at radius 2 is 1.89 bits per heavy atom. The van der Waals surface area contributed by atoms with Crippen molar-refractivity contribution >= 4 is 17.7 Å². The van der Waals surface area contributed by atoms with Gasteiger partial charge in [-0.15, -0.1) is 0 Å². The maximum Gasteiger partial charge on any atom is 0.411 e. The molecule has 0 aliphatic heterocycles. The average molecular weight is 249 g/mol. The van der Waals surface area contributed by atoms with Crippen LogP contribution in [0.15, 0.2) is 24.3 Å². The first-order valence-corrected chi connectivity index (χ1v) is 5.77. The summed E-state index contributed by atoms with van der Waals surface area (Å²) < 4.78 is 4.48. The van der Waals surface area contributed by atoms with Crippen molar-refractivity contribution in [1.82, 2.24) is 0 Å². The molecule has 1 aliphatic carbocycles. The Morgan fingerprint density at radius 1 is 1.28 bits per heavy atom. The van der Waals surface area contributed by atoms with Gasteiger partial charge in [0.25, 0.3) is 0 Å². The summed E-state index contributed by atoms with van der Waals surface area (Å²) in [6.45, 7) is 0. The molecule has 2 N–H and O–H groups in total. The van der Waals surface area contributed by atoms with Gasteiger partial charge in [0.05, 0.1) is 12.5 Å². The number of hydrogen-bond donors (Lipinski definition) is 2. The van der Waals surface area contributed by atoms with Gasteiger partial charge in [-0.05, 0) is 30.5 Å². The molecule has 1 saturated carbocycles. The van der Waals surface area contributed by atoms with E-state index < -0.39 is 17.5 Å². The van der Waals surface area contributed by atoms with E-state index in [1.807, 2.05) is 0 Å². The van der Waals surface area contributed by atoms with E-state index in [1.165, 1.54) is 7.11 Å². The first kappa shape index (κ1) is 12.4. The highest BCUT2D eigenvalue weighted by atomic mass is 16.5. The van der Waals surface area contributed by atoms with Crippen LogP contribution in [0.1, 0.15) is 24.8 Å². The molecule has 5 heteroatoms. The number of carbonyl (C=O) groups excluding carboxylic acids is 1. The van der Waals surface area contributed by atoms with Gasteiger partial charge in [0, 0.05) is 5.69 Å². The van der Waals surface area contributed by atoms with Crippen LogP contribution >= 0.6 is 0 Å². The number of carboxylic acid groups (broad SMARTS) is 1. The summed E-state index contributed by atoms with van der Waals surface area (Å²) in [5, 5.41) is 11.8. The Labute approximate surface area is 105 Å². The fourth-order valence-corrected chi connectivity index (χ4v) is 2.20. The molecule has 0 spiro atoms. The third kappa shape index (κ3) is 2.03. The Hall–Kier alpha value is -2.04. The fraction of sp³-hybridized carbons (Fsp3) is 0.385. The highest BCUT2D eigenvalue weighted by molar-refractivity contribution is 5.85. The normalized spacial score (nSPS) is 16.5. The molecule has 0 unspecified atom stereocenters. The lowest BCUT2D eigenvalue weighted by molar-refractivity contribution is -0.147. The zero-order valence-corrected chi connectivity index (χ0v) is 10.1. The van der Waals surface area contributed by atoms with Crippen LogP contribution in [-0.4, -0.2) is 24.3 Å². The number of aliphatic carboxylic acids is 1. The molecule has 0 radical (unpaired) electrons. The number of amides is 1. The highest BCUT2D eigenvalue weighted by Crippen LogP contribution is 2.44. The van der Waals surface area contributed by atoms with E-state index in [1.54, 1.807) is 24.3 Å². The number of carbonyl (C=O) groups is 2. The van der Waals surface area contributed by atoms with Crippen molar-refractivity contribution in [2.24, 2.45) is 0 Å². The minimum atomic E-state index is -0.776. The van der Waals surface area contributed by atoms with Gasteiger partial charge in [0.15, 0.2) is 0 Å². The second kappa shape index (κ2) is 4.68. The first-order chi connectivity index (χ1) is 8.58. The van der Waals surface area contributed by atoms with Gasteiger partial charge in [-0.3, -0.25) is 10.1 Å². The summed E-state index contributed by atoms with van der Waals surface area (Å²) in [4.78, 5) is 22.3. The predicted octanol–water partition coefficient (Wildman–Crippen LogP) is 2.37. The predicted molar refractivity (Wildman–Crippen MR) is 65.6 cm³/mol. The van der Waals surface area contributed by atoms with Crippen molar-refractivity contribution in [1.29, 1.82) is 0 Å². The molecule has 0 bridgehead atoms. The molecule has 0 saturated heterocycles. The molecule has 0 atom stereocenters. The van der Waals surface area contributed by atoms with Crippen LogP contribution in [0.25, 0.3) is 0 Å². The second-order valence-corrected chi connectivity index (χ2v) is 4.43. The topological polar surface area (TPSA) is 75.6 Å². The Kier molecular flexibility index (Phi) is 3.23. The molecule has 0 heterocycles. The zero-order valence-electron chi connectivity index (χ0n) is 10.1. The number of nitrogens with one attached hydrogen (secondary N) is 1. The maximum atomic E-state index is 11.3. The van der Waals surface area contributed by atoms with Crippen molar-refractivity contribution in [3.05, 3.63) is 29.8 Å². The number of anilines is 1. The summed E-state index contributed by atoms with van der Waals surface area (Å²) in [7, 11) is 1.29. The van der Waals surface area contributed by atoms with Crippen molar-refractivity contribution in [3.8, 4) is 0 Å². The minimum absolute atomic E-state index is 0.542. The van der Waals surface area contributed by atoms with Gasteiger partial charge in [-0.1, -0.05) is 18.6 Å². The van der Waals surface area contributed by atoms with Crippen molar-refractivity contribution < 1.29 is 19.4 Å². The smallest absolute Gasteiger partial charge is 0.411 e. The van der Waals surface area contributed by atoms with Crippen molar-refractivity contribution in [2.75, 3.05) is 12.4 Å². The molecular formula is C13H15NO4. The Morgan fingerprint density at radius 3 is 2.28 bits per heavy atom. The second-order valence-electron chi connectivity index (χ2n) is 4.43.